The Morgan fingerprint density at radius 1 is 0.913 bits per heavy atom. The fourth-order valence-corrected chi connectivity index (χ4v) is 3.66. The highest BCUT2D eigenvalue weighted by atomic mass is 16.5. The van der Waals surface area contributed by atoms with Gasteiger partial charge in [0.05, 0.1) is 12.7 Å². The zero-order valence-corrected chi connectivity index (χ0v) is 14.8. The first kappa shape index (κ1) is 18.1. The van der Waals surface area contributed by atoms with E-state index in [1.807, 2.05) is 6.08 Å². The van der Waals surface area contributed by atoms with Crippen molar-refractivity contribution in [1.82, 2.24) is 4.90 Å². The van der Waals surface area contributed by atoms with E-state index in [9.17, 15) is 4.79 Å². The molecule has 0 bridgehead atoms. The molecule has 0 spiro atoms. The fourth-order valence-electron chi connectivity index (χ4n) is 3.66. The third-order valence-electron chi connectivity index (χ3n) is 5.02. The van der Waals surface area contributed by atoms with Gasteiger partial charge in [-0.25, -0.2) is 4.79 Å². The van der Waals surface area contributed by atoms with E-state index in [0.717, 1.165) is 31.5 Å². The molecule has 1 saturated heterocycles. The molecule has 0 amide bonds. The lowest BCUT2D eigenvalue weighted by Gasteiger charge is -2.24. The number of carbonyl (C=O) groups excluding carboxylic acids is 1. The highest BCUT2D eigenvalue weighted by Gasteiger charge is 2.21. The van der Waals surface area contributed by atoms with Gasteiger partial charge in [-0.15, -0.1) is 0 Å². The molecule has 1 heterocycles. The number of hydrogen-bond acceptors (Lipinski definition) is 3. The van der Waals surface area contributed by atoms with Gasteiger partial charge in [0, 0.05) is 18.8 Å². The zero-order valence-electron chi connectivity index (χ0n) is 14.8. The summed E-state index contributed by atoms with van der Waals surface area (Å²) in [5.41, 5.74) is 2.02. The molecule has 1 aliphatic carbocycles. The van der Waals surface area contributed by atoms with Crippen LogP contribution in [0.2, 0.25) is 0 Å². The maximum absolute atomic E-state index is 12.3. The molecule has 0 N–H and O–H groups in total. The Hall–Kier alpha value is -1.25. The van der Waals surface area contributed by atoms with E-state index in [4.69, 9.17) is 4.74 Å². The van der Waals surface area contributed by atoms with Gasteiger partial charge < -0.3 is 9.64 Å². The number of ether oxygens (including phenoxy) is 1. The van der Waals surface area contributed by atoms with Gasteiger partial charge in [-0.2, -0.15) is 0 Å². The van der Waals surface area contributed by atoms with Crippen LogP contribution in [-0.4, -0.2) is 31.1 Å². The van der Waals surface area contributed by atoms with Gasteiger partial charge in [0.25, 0.3) is 0 Å². The Morgan fingerprint density at radius 3 is 2.17 bits per heavy atom. The molecule has 0 atom stereocenters. The molecule has 3 nitrogen and oxygen atoms in total. The first-order valence-corrected chi connectivity index (χ1v) is 9.56. The number of esters is 1. The lowest BCUT2D eigenvalue weighted by atomic mass is 10.0. The largest absolute Gasteiger partial charge is 0.465 e. The molecule has 0 saturated carbocycles. The monoisotopic (exact) mass is 319 g/mol. The van der Waals surface area contributed by atoms with Gasteiger partial charge in [0.15, 0.2) is 0 Å². The molecule has 0 aromatic heterocycles. The third kappa shape index (κ3) is 6.04. The van der Waals surface area contributed by atoms with Gasteiger partial charge in [-0.1, -0.05) is 44.6 Å². The lowest BCUT2D eigenvalue weighted by Crippen LogP contribution is -2.23. The van der Waals surface area contributed by atoms with E-state index >= 15 is 0 Å². The molecule has 0 aromatic carbocycles. The van der Waals surface area contributed by atoms with Gasteiger partial charge in [0.1, 0.15) is 0 Å². The third-order valence-corrected chi connectivity index (χ3v) is 5.02. The zero-order chi connectivity index (χ0) is 16.3. The number of nitrogens with zero attached hydrogens (tertiary/aromatic N) is 1. The number of carbonyl (C=O) groups is 1. The topological polar surface area (TPSA) is 29.5 Å². The van der Waals surface area contributed by atoms with Crippen LogP contribution in [0.15, 0.2) is 23.4 Å². The van der Waals surface area contributed by atoms with Crippen LogP contribution in [0.4, 0.5) is 0 Å². The minimum absolute atomic E-state index is 0.171. The molecule has 0 unspecified atom stereocenters. The summed E-state index contributed by atoms with van der Waals surface area (Å²) in [4.78, 5) is 14.7. The summed E-state index contributed by atoms with van der Waals surface area (Å²) in [6, 6.07) is 0. The molecule has 1 fully saturated rings. The van der Waals surface area contributed by atoms with E-state index in [1.54, 1.807) is 0 Å². The molecule has 23 heavy (non-hydrogen) atoms. The summed E-state index contributed by atoms with van der Waals surface area (Å²) in [6.07, 6.45) is 19.2. The number of likely N-dealkylation sites (tertiary alicyclic amines) is 1. The van der Waals surface area contributed by atoms with E-state index in [1.165, 1.54) is 77.0 Å². The van der Waals surface area contributed by atoms with Gasteiger partial charge in [-0.05, 0) is 44.6 Å². The number of hydrogen-bond donors (Lipinski definition) is 0. The Balaban J connectivity index is 2.18. The van der Waals surface area contributed by atoms with Gasteiger partial charge in [-0.3, -0.25) is 0 Å². The summed E-state index contributed by atoms with van der Waals surface area (Å²) in [6.45, 7) is 2.17. The van der Waals surface area contributed by atoms with Crippen molar-refractivity contribution in [3.05, 3.63) is 23.4 Å². The van der Waals surface area contributed by atoms with Crippen LogP contribution < -0.4 is 0 Å². The van der Waals surface area contributed by atoms with Gasteiger partial charge in [0.2, 0.25) is 0 Å². The molecule has 3 heteroatoms. The van der Waals surface area contributed by atoms with Crippen LogP contribution in [-0.2, 0) is 9.53 Å². The molecule has 1 aliphatic heterocycles. The predicted octanol–water partition coefficient (Wildman–Crippen LogP) is 4.98. The van der Waals surface area contributed by atoms with E-state index in [-0.39, 0.29) is 5.97 Å². The Bertz CT molecular complexity index is 419. The molecule has 0 radical (unpaired) electrons. The molecule has 130 valence electrons. The van der Waals surface area contributed by atoms with E-state index < -0.39 is 0 Å². The number of methoxy groups -OCH3 is 1. The average Bonchev–Trinajstić information content (AvgIpc) is 3.10. The first-order valence-electron chi connectivity index (χ1n) is 9.56. The Morgan fingerprint density at radius 2 is 1.52 bits per heavy atom. The van der Waals surface area contributed by atoms with Crippen LogP contribution >= 0.6 is 0 Å². The average molecular weight is 319 g/mol. The first-order chi connectivity index (χ1) is 11.3. The number of rotatable bonds is 2. The van der Waals surface area contributed by atoms with Crippen molar-refractivity contribution < 1.29 is 9.53 Å². The highest BCUT2D eigenvalue weighted by Crippen LogP contribution is 2.25. The summed E-state index contributed by atoms with van der Waals surface area (Å²) >= 11 is 0. The fraction of sp³-hybridized carbons (Fsp3) is 0.750. The van der Waals surface area contributed by atoms with Crippen LogP contribution in [0, 0.1) is 0 Å². The molecule has 0 aromatic rings. The van der Waals surface area contributed by atoms with Crippen molar-refractivity contribution >= 4 is 5.97 Å². The van der Waals surface area contributed by atoms with Crippen molar-refractivity contribution in [2.45, 2.75) is 77.0 Å². The molecule has 2 rings (SSSR count). The van der Waals surface area contributed by atoms with E-state index in [2.05, 4.69) is 11.0 Å². The van der Waals surface area contributed by atoms with Crippen LogP contribution in [0.5, 0.6) is 0 Å². The standard InChI is InChI=1S/C20H33NO2/c1-23-20(22)18-14-10-8-6-4-2-3-5-7-9-11-15-19(18)21-16-12-13-17-21/h10,14H,2-9,11-13,15-17H2,1H3/b14-10+,19-18-. The Kier molecular flexibility index (Phi) is 8.27. The maximum atomic E-state index is 12.3. The van der Waals surface area contributed by atoms with E-state index in [0.29, 0.717) is 0 Å². The number of allylic oxidation sites excluding steroid dienone is 2. The lowest BCUT2D eigenvalue weighted by molar-refractivity contribution is -0.135. The minimum Gasteiger partial charge on any atom is -0.465 e. The molecule has 2 aliphatic rings. The SMILES string of the molecule is COC(=O)C1=C(\N2CCCC2)CCCCCCCCCC\C=C\1. The predicted molar refractivity (Wildman–Crippen MR) is 95.2 cm³/mol. The summed E-state index contributed by atoms with van der Waals surface area (Å²) in [7, 11) is 1.50. The molecular weight excluding hydrogens is 286 g/mol. The van der Waals surface area contributed by atoms with Crippen molar-refractivity contribution in [2.75, 3.05) is 20.2 Å². The second-order valence-electron chi connectivity index (χ2n) is 6.82. The molecular formula is C20H33NO2. The summed E-state index contributed by atoms with van der Waals surface area (Å²) < 4.78 is 5.07. The summed E-state index contributed by atoms with van der Waals surface area (Å²) in [5.74, 6) is -0.171. The summed E-state index contributed by atoms with van der Waals surface area (Å²) in [5, 5.41) is 0. The highest BCUT2D eigenvalue weighted by molar-refractivity contribution is 5.92. The van der Waals surface area contributed by atoms with Crippen molar-refractivity contribution in [2.24, 2.45) is 0 Å². The van der Waals surface area contributed by atoms with Crippen molar-refractivity contribution in [1.29, 1.82) is 0 Å². The second kappa shape index (κ2) is 10.5. The van der Waals surface area contributed by atoms with Crippen LogP contribution in [0.25, 0.3) is 0 Å². The van der Waals surface area contributed by atoms with Crippen LogP contribution in [0.3, 0.4) is 0 Å². The van der Waals surface area contributed by atoms with Crippen molar-refractivity contribution in [3.8, 4) is 0 Å². The minimum atomic E-state index is -0.171. The Labute approximate surface area is 141 Å². The second-order valence-corrected chi connectivity index (χ2v) is 6.82. The van der Waals surface area contributed by atoms with Crippen LogP contribution in [0.1, 0.15) is 77.0 Å². The smallest absolute Gasteiger partial charge is 0.339 e. The van der Waals surface area contributed by atoms with Crippen molar-refractivity contribution in [3.63, 3.8) is 0 Å². The quantitative estimate of drug-likeness (QED) is 0.672. The normalized spacial score (nSPS) is 26.6. The maximum Gasteiger partial charge on any atom is 0.339 e. The van der Waals surface area contributed by atoms with Gasteiger partial charge >= 0.3 is 5.97 Å².